The Morgan fingerprint density at radius 3 is 2.72 bits per heavy atom. The van der Waals surface area contributed by atoms with Crippen molar-refractivity contribution in [1.29, 1.82) is 0 Å². The molecule has 0 atom stereocenters. The quantitative estimate of drug-likeness (QED) is 0.855. The monoisotopic (exact) mass is 336 g/mol. The molecule has 126 valence electrons. The zero-order valence-electron chi connectivity index (χ0n) is 13.7. The molecule has 2 aliphatic heterocycles. The number of Topliss-reactive ketones (excluding diaryl/α,β-unsaturated/α-hetero) is 1. The lowest BCUT2D eigenvalue weighted by molar-refractivity contribution is -0.118. The molecule has 2 aromatic carbocycles. The second-order valence-corrected chi connectivity index (χ2v) is 6.15. The van der Waals surface area contributed by atoms with Crippen LogP contribution in [0, 0.1) is 0 Å². The summed E-state index contributed by atoms with van der Waals surface area (Å²) in [6, 6.07) is 10.4. The van der Waals surface area contributed by atoms with Gasteiger partial charge in [0.2, 0.25) is 0 Å². The highest BCUT2D eigenvalue weighted by Crippen LogP contribution is 2.33. The molecule has 0 bridgehead atoms. The second kappa shape index (κ2) is 5.73. The van der Waals surface area contributed by atoms with Crippen LogP contribution in [0.1, 0.15) is 33.2 Å². The van der Waals surface area contributed by atoms with Gasteiger partial charge in [-0.15, -0.1) is 0 Å². The number of benzene rings is 2. The van der Waals surface area contributed by atoms with Gasteiger partial charge in [-0.1, -0.05) is 0 Å². The Kier molecular flexibility index (Phi) is 3.53. The largest absolute Gasteiger partial charge is 0.482 e. The number of amides is 2. The van der Waals surface area contributed by atoms with E-state index in [1.54, 1.807) is 29.2 Å². The fraction of sp³-hybridized carbons (Fsp3) is 0.211. The van der Waals surface area contributed by atoms with E-state index in [9.17, 15) is 14.4 Å². The molecule has 2 aromatic rings. The third-order valence-corrected chi connectivity index (χ3v) is 4.49. The van der Waals surface area contributed by atoms with E-state index in [4.69, 9.17) is 4.74 Å². The van der Waals surface area contributed by atoms with Crippen molar-refractivity contribution in [3.8, 4) is 5.75 Å². The van der Waals surface area contributed by atoms with Crippen molar-refractivity contribution in [3.63, 3.8) is 0 Å². The van der Waals surface area contributed by atoms with Gasteiger partial charge in [0, 0.05) is 23.4 Å². The summed E-state index contributed by atoms with van der Waals surface area (Å²) >= 11 is 0. The summed E-state index contributed by atoms with van der Waals surface area (Å²) in [4.78, 5) is 37.6. The van der Waals surface area contributed by atoms with Crippen molar-refractivity contribution < 1.29 is 19.1 Å². The van der Waals surface area contributed by atoms with Crippen molar-refractivity contribution in [2.24, 2.45) is 0 Å². The van der Waals surface area contributed by atoms with E-state index in [1.165, 1.54) is 6.92 Å². The molecular weight excluding hydrogens is 320 g/mol. The molecule has 6 heteroatoms. The van der Waals surface area contributed by atoms with Crippen LogP contribution in [-0.4, -0.2) is 30.7 Å². The van der Waals surface area contributed by atoms with Crippen LogP contribution in [0.25, 0.3) is 0 Å². The van der Waals surface area contributed by atoms with Crippen molar-refractivity contribution >= 4 is 29.0 Å². The van der Waals surface area contributed by atoms with Gasteiger partial charge in [-0.3, -0.25) is 14.4 Å². The van der Waals surface area contributed by atoms with E-state index < -0.39 is 0 Å². The Morgan fingerprint density at radius 2 is 1.92 bits per heavy atom. The Labute approximate surface area is 144 Å². The summed E-state index contributed by atoms with van der Waals surface area (Å²) in [6.45, 7) is 2.08. The molecule has 4 rings (SSSR count). The third-order valence-electron chi connectivity index (χ3n) is 4.49. The van der Waals surface area contributed by atoms with Gasteiger partial charge in [0.25, 0.3) is 11.8 Å². The van der Waals surface area contributed by atoms with E-state index in [-0.39, 0.29) is 24.2 Å². The summed E-state index contributed by atoms with van der Waals surface area (Å²) in [7, 11) is 0. The van der Waals surface area contributed by atoms with Gasteiger partial charge in [-0.25, -0.2) is 0 Å². The van der Waals surface area contributed by atoms with Gasteiger partial charge in [-0.05, 0) is 55.3 Å². The Balaban J connectivity index is 1.64. The first-order valence-electron chi connectivity index (χ1n) is 8.05. The highest BCUT2D eigenvalue weighted by atomic mass is 16.5. The molecule has 6 nitrogen and oxygen atoms in total. The second-order valence-electron chi connectivity index (χ2n) is 6.15. The first-order valence-corrected chi connectivity index (χ1v) is 8.05. The molecule has 0 saturated heterocycles. The Bertz CT molecular complexity index is 920. The molecular formula is C19H16N2O4. The summed E-state index contributed by atoms with van der Waals surface area (Å²) in [5.74, 6) is 0.194. The van der Waals surface area contributed by atoms with Crippen LogP contribution in [0.4, 0.5) is 11.4 Å². The highest BCUT2D eigenvalue weighted by molar-refractivity contribution is 6.09. The summed E-state index contributed by atoms with van der Waals surface area (Å²) in [6.07, 6.45) is 0.715. The third kappa shape index (κ3) is 2.65. The fourth-order valence-corrected chi connectivity index (χ4v) is 3.20. The lowest BCUT2D eigenvalue weighted by Crippen LogP contribution is -2.30. The summed E-state index contributed by atoms with van der Waals surface area (Å²) in [5.41, 5.74) is 3.46. The zero-order chi connectivity index (χ0) is 17.6. The molecule has 0 spiro atoms. The lowest BCUT2D eigenvalue weighted by Gasteiger charge is -2.21. The standard InChI is InChI=1S/C19H16N2O4/c1-11(22)12-2-4-16-13(8-12)6-7-21(16)19(24)14-3-5-17-15(9-14)20-18(23)10-25-17/h2-5,8-9H,6-7,10H2,1H3,(H,20,23). The van der Waals surface area contributed by atoms with E-state index in [1.807, 2.05) is 12.1 Å². The van der Waals surface area contributed by atoms with Crippen LogP contribution in [0.15, 0.2) is 36.4 Å². The van der Waals surface area contributed by atoms with E-state index in [2.05, 4.69) is 5.32 Å². The summed E-state index contributed by atoms with van der Waals surface area (Å²) < 4.78 is 5.32. The lowest BCUT2D eigenvalue weighted by atomic mass is 10.1. The number of carbonyl (C=O) groups is 3. The van der Waals surface area contributed by atoms with Gasteiger partial charge in [0.05, 0.1) is 5.69 Å². The van der Waals surface area contributed by atoms with Gasteiger partial charge in [0.15, 0.2) is 12.4 Å². The van der Waals surface area contributed by atoms with Crippen molar-refractivity contribution in [2.75, 3.05) is 23.4 Å². The molecule has 0 aliphatic carbocycles. The predicted octanol–water partition coefficient (Wildman–Crippen LogP) is 2.42. The zero-order valence-corrected chi connectivity index (χ0v) is 13.7. The number of rotatable bonds is 2. The number of hydrogen-bond donors (Lipinski definition) is 1. The van der Waals surface area contributed by atoms with Crippen LogP contribution >= 0.6 is 0 Å². The molecule has 25 heavy (non-hydrogen) atoms. The number of fused-ring (bicyclic) bond motifs is 2. The maximum absolute atomic E-state index is 12.9. The Morgan fingerprint density at radius 1 is 1.12 bits per heavy atom. The van der Waals surface area contributed by atoms with Crippen LogP contribution in [0.3, 0.4) is 0 Å². The molecule has 1 N–H and O–H groups in total. The van der Waals surface area contributed by atoms with Crippen LogP contribution in [0.5, 0.6) is 5.75 Å². The topological polar surface area (TPSA) is 75.7 Å². The number of hydrogen-bond acceptors (Lipinski definition) is 4. The molecule has 2 heterocycles. The average molecular weight is 336 g/mol. The average Bonchev–Trinajstić information content (AvgIpc) is 3.03. The number of nitrogens with one attached hydrogen (secondary N) is 1. The normalized spacial score (nSPS) is 15.1. The molecule has 2 amide bonds. The molecule has 2 aliphatic rings. The van der Waals surface area contributed by atoms with Crippen LogP contribution < -0.4 is 15.0 Å². The molecule has 0 aromatic heterocycles. The SMILES string of the molecule is CC(=O)c1ccc2c(c1)CCN2C(=O)c1ccc2c(c1)NC(=O)CO2. The first kappa shape index (κ1) is 15.4. The number of carbonyl (C=O) groups excluding carboxylic acids is 3. The fourth-order valence-electron chi connectivity index (χ4n) is 3.20. The minimum Gasteiger partial charge on any atom is -0.482 e. The molecule has 0 saturated carbocycles. The molecule has 0 radical (unpaired) electrons. The maximum Gasteiger partial charge on any atom is 0.262 e. The van der Waals surface area contributed by atoms with Crippen molar-refractivity contribution in [2.45, 2.75) is 13.3 Å². The molecule has 0 fully saturated rings. The maximum atomic E-state index is 12.9. The van der Waals surface area contributed by atoms with Gasteiger partial charge >= 0.3 is 0 Å². The Hall–Kier alpha value is -3.15. The predicted molar refractivity (Wildman–Crippen MR) is 92.4 cm³/mol. The van der Waals surface area contributed by atoms with E-state index in [0.29, 0.717) is 35.5 Å². The minimum atomic E-state index is -0.236. The smallest absolute Gasteiger partial charge is 0.262 e. The first-order chi connectivity index (χ1) is 12.0. The van der Waals surface area contributed by atoms with Crippen LogP contribution in [0.2, 0.25) is 0 Å². The number of anilines is 2. The molecule has 0 unspecified atom stereocenters. The van der Waals surface area contributed by atoms with Gasteiger partial charge in [0.1, 0.15) is 5.75 Å². The number of nitrogens with zero attached hydrogens (tertiary/aromatic N) is 1. The van der Waals surface area contributed by atoms with Gasteiger partial charge in [-0.2, -0.15) is 0 Å². The highest BCUT2D eigenvalue weighted by Gasteiger charge is 2.27. The van der Waals surface area contributed by atoms with Crippen molar-refractivity contribution in [3.05, 3.63) is 53.1 Å². The van der Waals surface area contributed by atoms with Crippen LogP contribution in [-0.2, 0) is 11.2 Å². The summed E-state index contributed by atoms with van der Waals surface area (Å²) in [5, 5.41) is 2.71. The van der Waals surface area contributed by atoms with Gasteiger partial charge < -0.3 is 15.0 Å². The van der Waals surface area contributed by atoms with E-state index >= 15 is 0 Å². The van der Waals surface area contributed by atoms with E-state index in [0.717, 1.165) is 11.3 Å². The minimum absolute atomic E-state index is 0.0120. The van der Waals surface area contributed by atoms with Crippen molar-refractivity contribution in [1.82, 2.24) is 0 Å². The number of ketones is 1. The number of ether oxygens (including phenoxy) is 1.